The molecular weight excluding hydrogens is 388 g/mol. The number of methoxy groups -OCH3 is 1. The number of nitrogens with two attached hydrogens (primary N) is 2. The lowest BCUT2D eigenvalue weighted by Crippen LogP contribution is -2.27. The second-order valence-corrected chi connectivity index (χ2v) is 7.11. The number of fused-ring (bicyclic) bond motifs is 1. The first-order valence-corrected chi connectivity index (χ1v) is 9.71. The summed E-state index contributed by atoms with van der Waals surface area (Å²) in [7, 11) is 3.40. The SMILES string of the molecule is COc1cc2c(C#N)c(N(C)C(c3ccccc3)c3ccccc3)nc(N)c2c(N)n1. The number of rotatable bonds is 5. The second kappa shape index (κ2) is 8.20. The molecule has 0 atom stereocenters. The maximum Gasteiger partial charge on any atom is 0.215 e. The maximum absolute atomic E-state index is 10.1. The van der Waals surface area contributed by atoms with Gasteiger partial charge in [-0.1, -0.05) is 60.7 Å². The smallest absolute Gasteiger partial charge is 0.215 e. The van der Waals surface area contributed by atoms with Gasteiger partial charge in [-0.3, -0.25) is 0 Å². The van der Waals surface area contributed by atoms with Crippen molar-refractivity contribution in [1.82, 2.24) is 9.97 Å². The minimum Gasteiger partial charge on any atom is -0.481 e. The van der Waals surface area contributed by atoms with E-state index in [1.807, 2.05) is 48.3 Å². The minimum absolute atomic E-state index is 0.174. The standard InChI is InChI=1S/C24H22N6O/c1-30(21(15-9-5-3-6-10-15)16-11-7-4-8-12-16)24-18(14-25)17-13-19(31-2)28-22(26)20(17)23(27)29-24/h3-13,21H,1-2H3,(H2,26,28)(H2,27,29). The molecule has 0 spiro atoms. The van der Waals surface area contributed by atoms with Crippen molar-refractivity contribution < 1.29 is 4.74 Å². The zero-order valence-corrected chi connectivity index (χ0v) is 17.3. The summed E-state index contributed by atoms with van der Waals surface area (Å²) in [6.07, 6.45) is 0. The van der Waals surface area contributed by atoms with Crippen molar-refractivity contribution in [3.05, 3.63) is 83.4 Å². The normalized spacial score (nSPS) is 10.8. The molecule has 0 saturated heterocycles. The van der Waals surface area contributed by atoms with Gasteiger partial charge in [0.15, 0.2) is 0 Å². The van der Waals surface area contributed by atoms with Crippen LogP contribution in [0.1, 0.15) is 22.7 Å². The van der Waals surface area contributed by atoms with Crippen LogP contribution < -0.4 is 21.1 Å². The van der Waals surface area contributed by atoms with Gasteiger partial charge in [-0.05, 0) is 11.1 Å². The summed E-state index contributed by atoms with van der Waals surface area (Å²) in [5, 5.41) is 11.1. The third-order valence-electron chi connectivity index (χ3n) is 5.27. The van der Waals surface area contributed by atoms with Gasteiger partial charge in [0, 0.05) is 18.5 Å². The van der Waals surface area contributed by atoms with Crippen molar-refractivity contribution in [2.45, 2.75) is 6.04 Å². The van der Waals surface area contributed by atoms with Crippen molar-refractivity contribution in [3.8, 4) is 11.9 Å². The summed E-state index contributed by atoms with van der Waals surface area (Å²) in [5.41, 5.74) is 14.9. The Morgan fingerprint density at radius 2 is 1.48 bits per heavy atom. The summed E-state index contributed by atoms with van der Waals surface area (Å²) < 4.78 is 5.25. The molecule has 7 heteroatoms. The van der Waals surface area contributed by atoms with Gasteiger partial charge in [-0.25, -0.2) is 4.98 Å². The van der Waals surface area contributed by atoms with E-state index >= 15 is 0 Å². The van der Waals surface area contributed by atoms with Crippen molar-refractivity contribution >= 4 is 28.2 Å². The maximum atomic E-state index is 10.1. The highest BCUT2D eigenvalue weighted by Gasteiger charge is 2.25. The van der Waals surface area contributed by atoms with E-state index < -0.39 is 0 Å². The third kappa shape index (κ3) is 3.55. The molecule has 0 radical (unpaired) electrons. The van der Waals surface area contributed by atoms with Crippen LogP contribution in [0.15, 0.2) is 66.7 Å². The molecular formula is C24H22N6O. The average Bonchev–Trinajstić information content (AvgIpc) is 2.80. The fraction of sp³-hybridized carbons (Fsp3) is 0.125. The Morgan fingerprint density at radius 1 is 0.935 bits per heavy atom. The Labute approximate surface area is 180 Å². The fourth-order valence-corrected chi connectivity index (χ4v) is 3.86. The molecule has 2 aromatic carbocycles. The van der Waals surface area contributed by atoms with E-state index in [0.29, 0.717) is 28.0 Å². The van der Waals surface area contributed by atoms with Gasteiger partial charge in [0.2, 0.25) is 5.88 Å². The molecule has 31 heavy (non-hydrogen) atoms. The van der Waals surface area contributed by atoms with Crippen LogP contribution in [0.2, 0.25) is 0 Å². The lowest BCUT2D eigenvalue weighted by atomic mass is 9.96. The van der Waals surface area contributed by atoms with Crippen LogP contribution >= 0.6 is 0 Å². The van der Waals surface area contributed by atoms with Crippen molar-refractivity contribution in [2.24, 2.45) is 0 Å². The molecule has 2 heterocycles. The highest BCUT2D eigenvalue weighted by atomic mass is 16.5. The molecule has 4 N–H and O–H groups in total. The number of aromatic nitrogens is 2. The summed E-state index contributed by atoms with van der Waals surface area (Å²) in [5.74, 6) is 1.15. The van der Waals surface area contributed by atoms with E-state index in [0.717, 1.165) is 11.1 Å². The van der Waals surface area contributed by atoms with Gasteiger partial charge < -0.3 is 21.1 Å². The van der Waals surface area contributed by atoms with Gasteiger partial charge in [0.25, 0.3) is 0 Å². The van der Waals surface area contributed by atoms with Crippen molar-refractivity contribution in [3.63, 3.8) is 0 Å². The van der Waals surface area contributed by atoms with Crippen LogP contribution in [0.4, 0.5) is 17.5 Å². The van der Waals surface area contributed by atoms with Gasteiger partial charge in [0.1, 0.15) is 29.1 Å². The molecule has 7 nitrogen and oxygen atoms in total. The Hall–Kier alpha value is -4.31. The molecule has 0 fully saturated rings. The predicted octanol–water partition coefficient (Wildman–Crippen LogP) is 3.90. The first-order valence-electron chi connectivity index (χ1n) is 9.71. The van der Waals surface area contributed by atoms with Gasteiger partial charge in [0.05, 0.1) is 18.5 Å². The molecule has 0 bridgehead atoms. The van der Waals surface area contributed by atoms with E-state index in [1.165, 1.54) is 7.11 Å². The average molecular weight is 410 g/mol. The number of hydrogen-bond acceptors (Lipinski definition) is 7. The molecule has 0 aliphatic rings. The van der Waals surface area contributed by atoms with Crippen LogP contribution in [0.5, 0.6) is 5.88 Å². The van der Waals surface area contributed by atoms with E-state index in [-0.39, 0.29) is 17.7 Å². The highest BCUT2D eigenvalue weighted by molar-refractivity contribution is 6.04. The van der Waals surface area contributed by atoms with Crippen molar-refractivity contribution in [2.75, 3.05) is 30.5 Å². The lowest BCUT2D eigenvalue weighted by Gasteiger charge is -2.31. The van der Waals surface area contributed by atoms with Crippen LogP contribution in [-0.4, -0.2) is 24.1 Å². The topological polar surface area (TPSA) is 114 Å². The number of pyridine rings is 2. The van der Waals surface area contributed by atoms with Gasteiger partial charge in [-0.2, -0.15) is 10.2 Å². The summed E-state index contributed by atoms with van der Waals surface area (Å²) in [4.78, 5) is 10.7. The molecule has 0 aliphatic carbocycles. The van der Waals surface area contributed by atoms with Crippen molar-refractivity contribution in [1.29, 1.82) is 5.26 Å². The summed E-state index contributed by atoms with van der Waals surface area (Å²) in [6, 6.07) is 23.9. The molecule has 0 amide bonds. The van der Waals surface area contributed by atoms with Crippen LogP contribution in [0, 0.1) is 11.3 Å². The largest absolute Gasteiger partial charge is 0.481 e. The first kappa shape index (κ1) is 20.0. The second-order valence-electron chi connectivity index (χ2n) is 7.11. The monoisotopic (exact) mass is 410 g/mol. The van der Waals surface area contributed by atoms with Gasteiger partial charge >= 0.3 is 0 Å². The zero-order chi connectivity index (χ0) is 22.0. The molecule has 0 unspecified atom stereocenters. The Kier molecular flexibility index (Phi) is 5.29. The quantitative estimate of drug-likeness (QED) is 0.513. The lowest BCUT2D eigenvalue weighted by molar-refractivity contribution is 0.399. The molecule has 2 aromatic heterocycles. The number of nitrogens with zero attached hydrogens (tertiary/aromatic N) is 4. The number of nitrogen functional groups attached to an aromatic ring is 2. The van der Waals surface area contributed by atoms with E-state index in [9.17, 15) is 5.26 Å². The van der Waals surface area contributed by atoms with E-state index in [4.69, 9.17) is 16.2 Å². The Balaban J connectivity index is 1.97. The molecule has 0 saturated carbocycles. The number of hydrogen-bond donors (Lipinski definition) is 2. The zero-order valence-electron chi connectivity index (χ0n) is 17.3. The number of ether oxygens (including phenoxy) is 1. The Bertz CT molecular complexity index is 1230. The van der Waals surface area contributed by atoms with Crippen LogP contribution in [0.25, 0.3) is 10.8 Å². The third-order valence-corrected chi connectivity index (χ3v) is 5.27. The number of nitriles is 1. The number of benzene rings is 2. The first-order chi connectivity index (χ1) is 15.0. The van der Waals surface area contributed by atoms with E-state index in [2.05, 4.69) is 40.3 Å². The van der Waals surface area contributed by atoms with Crippen LogP contribution in [0.3, 0.4) is 0 Å². The fourth-order valence-electron chi connectivity index (χ4n) is 3.86. The summed E-state index contributed by atoms with van der Waals surface area (Å²) in [6.45, 7) is 0. The molecule has 4 aromatic rings. The van der Waals surface area contributed by atoms with E-state index in [1.54, 1.807) is 6.07 Å². The number of anilines is 3. The highest BCUT2D eigenvalue weighted by Crippen LogP contribution is 2.38. The molecule has 0 aliphatic heterocycles. The minimum atomic E-state index is -0.181. The van der Waals surface area contributed by atoms with Gasteiger partial charge in [-0.15, -0.1) is 0 Å². The predicted molar refractivity (Wildman–Crippen MR) is 123 cm³/mol. The summed E-state index contributed by atoms with van der Waals surface area (Å²) >= 11 is 0. The Morgan fingerprint density at radius 3 is 2.00 bits per heavy atom. The molecule has 154 valence electrons. The molecule has 4 rings (SSSR count). The van der Waals surface area contributed by atoms with Crippen LogP contribution in [-0.2, 0) is 0 Å².